The fourth-order valence-corrected chi connectivity index (χ4v) is 4.00. The van der Waals surface area contributed by atoms with Crippen LogP contribution in [0.15, 0.2) is 0 Å². The van der Waals surface area contributed by atoms with Gasteiger partial charge in [-0.2, -0.15) is 4.31 Å². The van der Waals surface area contributed by atoms with Crippen LogP contribution in [-0.4, -0.2) is 48.2 Å². The number of hydrogen-bond acceptors (Lipinski definition) is 4. The van der Waals surface area contributed by atoms with E-state index >= 15 is 0 Å². The van der Waals surface area contributed by atoms with Gasteiger partial charge in [0, 0.05) is 18.6 Å². The lowest BCUT2D eigenvalue weighted by molar-refractivity contribution is -0.134. The maximum atomic E-state index is 12.0. The first-order valence-corrected chi connectivity index (χ1v) is 7.94. The predicted molar refractivity (Wildman–Crippen MR) is 68.7 cm³/mol. The van der Waals surface area contributed by atoms with Crippen molar-refractivity contribution in [2.75, 3.05) is 12.3 Å². The van der Waals surface area contributed by atoms with Crippen molar-refractivity contribution in [3.63, 3.8) is 0 Å². The van der Waals surface area contributed by atoms with Gasteiger partial charge in [0.05, 0.1) is 0 Å². The molecule has 1 saturated carbocycles. The smallest absolute Gasteiger partial charge is 0.320 e. The van der Waals surface area contributed by atoms with Crippen LogP contribution in [0.5, 0.6) is 0 Å². The van der Waals surface area contributed by atoms with Crippen LogP contribution in [0.1, 0.15) is 39.0 Å². The van der Waals surface area contributed by atoms with Crippen molar-refractivity contribution in [1.82, 2.24) is 4.31 Å². The second kappa shape index (κ2) is 6.49. The molecular formula is C11H22N2O4S. The van der Waals surface area contributed by atoms with Crippen LogP contribution < -0.4 is 5.73 Å². The zero-order valence-electron chi connectivity index (χ0n) is 10.7. The third-order valence-corrected chi connectivity index (χ3v) is 5.06. The van der Waals surface area contributed by atoms with Crippen LogP contribution in [0.2, 0.25) is 0 Å². The molecule has 1 aliphatic rings. The van der Waals surface area contributed by atoms with Gasteiger partial charge in [0.1, 0.15) is 0 Å². The summed E-state index contributed by atoms with van der Waals surface area (Å²) < 4.78 is 25.4. The van der Waals surface area contributed by atoms with Crippen molar-refractivity contribution >= 4 is 16.0 Å². The molecule has 7 heteroatoms. The Morgan fingerprint density at radius 1 is 1.33 bits per heavy atom. The molecule has 18 heavy (non-hydrogen) atoms. The Morgan fingerprint density at radius 2 is 1.89 bits per heavy atom. The van der Waals surface area contributed by atoms with E-state index in [0.29, 0.717) is 13.0 Å². The second-order valence-corrected chi connectivity index (χ2v) is 6.75. The van der Waals surface area contributed by atoms with Gasteiger partial charge in [-0.25, -0.2) is 8.42 Å². The molecular weight excluding hydrogens is 256 g/mol. The predicted octanol–water partition coefficient (Wildman–Crippen LogP) is 0.383. The lowest BCUT2D eigenvalue weighted by Gasteiger charge is -2.34. The molecule has 0 bridgehead atoms. The largest absolute Gasteiger partial charge is 0.480 e. The number of carboxylic acids is 1. The SMILES string of the molecule is CCCN(C1CCC(N)CC1)S(=O)(=O)CC(=O)O. The average Bonchev–Trinajstić information content (AvgIpc) is 2.25. The monoisotopic (exact) mass is 278 g/mol. The van der Waals surface area contributed by atoms with E-state index in [2.05, 4.69) is 0 Å². The van der Waals surface area contributed by atoms with Gasteiger partial charge in [0.2, 0.25) is 10.0 Å². The molecule has 6 nitrogen and oxygen atoms in total. The molecule has 3 N–H and O–H groups in total. The minimum atomic E-state index is -3.71. The quantitative estimate of drug-likeness (QED) is 0.731. The fraction of sp³-hybridized carbons (Fsp3) is 0.909. The van der Waals surface area contributed by atoms with Gasteiger partial charge in [-0.3, -0.25) is 4.79 Å². The third-order valence-electron chi connectivity index (χ3n) is 3.26. The van der Waals surface area contributed by atoms with Crippen molar-refractivity contribution in [1.29, 1.82) is 0 Å². The molecule has 0 radical (unpaired) electrons. The highest BCUT2D eigenvalue weighted by atomic mass is 32.2. The molecule has 0 aromatic heterocycles. The molecule has 1 fully saturated rings. The van der Waals surface area contributed by atoms with E-state index in [1.807, 2.05) is 6.92 Å². The third kappa shape index (κ3) is 4.22. The maximum absolute atomic E-state index is 12.0. The number of carbonyl (C=O) groups is 1. The van der Waals surface area contributed by atoms with Gasteiger partial charge in [-0.1, -0.05) is 6.92 Å². The van der Waals surface area contributed by atoms with Crippen LogP contribution in [-0.2, 0) is 14.8 Å². The minimum absolute atomic E-state index is 0.0888. The summed E-state index contributed by atoms with van der Waals surface area (Å²) in [4.78, 5) is 10.6. The zero-order valence-corrected chi connectivity index (χ0v) is 11.5. The highest BCUT2D eigenvalue weighted by molar-refractivity contribution is 7.89. The molecule has 0 amide bonds. The lowest BCUT2D eigenvalue weighted by atomic mass is 9.92. The Bertz CT molecular complexity index is 375. The first-order chi connectivity index (χ1) is 8.36. The van der Waals surface area contributed by atoms with E-state index in [4.69, 9.17) is 10.8 Å². The molecule has 1 aliphatic carbocycles. The highest BCUT2D eigenvalue weighted by Crippen LogP contribution is 2.24. The molecule has 0 unspecified atom stereocenters. The number of carboxylic acid groups (broad SMARTS) is 1. The first kappa shape index (κ1) is 15.4. The molecule has 0 heterocycles. The Kier molecular flexibility index (Phi) is 5.55. The number of sulfonamides is 1. The normalized spacial score (nSPS) is 25.3. The standard InChI is InChI=1S/C11H22N2O4S/c1-2-7-13(18(16,17)8-11(14)15)10-5-3-9(12)4-6-10/h9-10H,2-8,12H2,1H3,(H,14,15). The Hall–Kier alpha value is -0.660. The minimum Gasteiger partial charge on any atom is -0.480 e. The van der Waals surface area contributed by atoms with Gasteiger partial charge in [0.15, 0.2) is 5.75 Å². The van der Waals surface area contributed by atoms with Gasteiger partial charge in [0.25, 0.3) is 0 Å². The van der Waals surface area contributed by atoms with E-state index in [9.17, 15) is 13.2 Å². The number of rotatable bonds is 6. The van der Waals surface area contributed by atoms with Crippen LogP contribution >= 0.6 is 0 Å². The molecule has 0 atom stereocenters. The van der Waals surface area contributed by atoms with Crippen molar-refractivity contribution in [2.45, 2.75) is 51.1 Å². The summed E-state index contributed by atoms with van der Waals surface area (Å²) in [5, 5.41) is 8.68. The number of aliphatic carboxylic acids is 1. The van der Waals surface area contributed by atoms with Crippen LogP contribution in [0, 0.1) is 0 Å². The summed E-state index contributed by atoms with van der Waals surface area (Å²) in [7, 11) is -3.71. The first-order valence-electron chi connectivity index (χ1n) is 6.33. The second-order valence-electron chi connectivity index (χ2n) is 4.83. The van der Waals surface area contributed by atoms with E-state index in [1.165, 1.54) is 4.31 Å². The molecule has 106 valence electrons. The van der Waals surface area contributed by atoms with Crippen molar-refractivity contribution < 1.29 is 18.3 Å². The summed E-state index contributed by atoms with van der Waals surface area (Å²) in [5.74, 6) is -2.13. The molecule has 0 spiro atoms. The van der Waals surface area contributed by atoms with E-state index in [-0.39, 0.29) is 12.1 Å². The summed E-state index contributed by atoms with van der Waals surface area (Å²) in [6.07, 6.45) is 3.72. The van der Waals surface area contributed by atoms with Crippen LogP contribution in [0.4, 0.5) is 0 Å². The summed E-state index contributed by atoms with van der Waals surface area (Å²) >= 11 is 0. The molecule has 0 aliphatic heterocycles. The Morgan fingerprint density at radius 3 is 2.33 bits per heavy atom. The molecule has 0 saturated heterocycles. The zero-order chi connectivity index (χ0) is 13.8. The average molecular weight is 278 g/mol. The van der Waals surface area contributed by atoms with E-state index in [1.54, 1.807) is 0 Å². The molecule has 1 rings (SSSR count). The van der Waals surface area contributed by atoms with Gasteiger partial charge in [-0.15, -0.1) is 0 Å². The Balaban J connectivity index is 2.78. The molecule has 0 aromatic rings. The number of nitrogens with two attached hydrogens (primary N) is 1. The lowest BCUT2D eigenvalue weighted by Crippen LogP contribution is -2.46. The summed E-state index contributed by atoms with van der Waals surface area (Å²) in [6.45, 7) is 2.27. The molecule has 0 aromatic carbocycles. The number of hydrogen-bond donors (Lipinski definition) is 2. The Labute approximate surface area is 108 Å². The van der Waals surface area contributed by atoms with E-state index < -0.39 is 21.7 Å². The van der Waals surface area contributed by atoms with Crippen molar-refractivity contribution in [3.05, 3.63) is 0 Å². The topological polar surface area (TPSA) is 101 Å². The van der Waals surface area contributed by atoms with E-state index in [0.717, 1.165) is 25.7 Å². The van der Waals surface area contributed by atoms with Crippen molar-refractivity contribution in [3.8, 4) is 0 Å². The van der Waals surface area contributed by atoms with Crippen LogP contribution in [0.3, 0.4) is 0 Å². The van der Waals surface area contributed by atoms with Gasteiger partial charge >= 0.3 is 5.97 Å². The summed E-state index contributed by atoms with van der Waals surface area (Å²) in [5.41, 5.74) is 5.80. The number of nitrogens with zero attached hydrogens (tertiary/aromatic N) is 1. The fourth-order valence-electron chi connectivity index (χ4n) is 2.40. The van der Waals surface area contributed by atoms with Crippen molar-refractivity contribution in [2.24, 2.45) is 5.73 Å². The maximum Gasteiger partial charge on any atom is 0.320 e. The summed E-state index contributed by atoms with van der Waals surface area (Å²) in [6, 6.07) is 0.0565. The highest BCUT2D eigenvalue weighted by Gasteiger charge is 2.33. The van der Waals surface area contributed by atoms with Crippen LogP contribution in [0.25, 0.3) is 0 Å². The van der Waals surface area contributed by atoms with Gasteiger partial charge in [-0.05, 0) is 32.1 Å². The van der Waals surface area contributed by atoms with Gasteiger partial charge < -0.3 is 10.8 Å².